The largest absolute Gasteiger partial charge is 0.299 e. The highest BCUT2D eigenvalue weighted by Crippen LogP contribution is 2.28. The standard InChI is InChI=1S/C24H27ClN2OS/c1-17-26-22-8-7-20(14-24(22)29-17)23(28)15-21(25)13-18-9-11-27(12-10-18)16-19-5-3-2-4-6-19/h2-8,14,18,21H,9-13,15-16H2,1H3. The molecule has 1 unspecified atom stereocenters. The first kappa shape index (κ1) is 20.5. The summed E-state index contributed by atoms with van der Waals surface area (Å²) in [5.41, 5.74) is 3.10. The summed E-state index contributed by atoms with van der Waals surface area (Å²) in [6, 6.07) is 16.4. The van der Waals surface area contributed by atoms with E-state index >= 15 is 0 Å². The topological polar surface area (TPSA) is 33.2 Å². The van der Waals surface area contributed by atoms with Crippen molar-refractivity contribution in [3.05, 3.63) is 64.7 Å². The lowest BCUT2D eigenvalue weighted by Gasteiger charge is -2.32. The maximum Gasteiger partial charge on any atom is 0.164 e. The van der Waals surface area contributed by atoms with Crippen LogP contribution in [0.4, 0.5) is 0 Å². The number of likely N-dealkylation sites (tertiary alicyclic amines) is 1. The Bertz CT molecular complexity index is 963. The molecule has 2 heterocycles. The van der Waals surface area contributed by atoms with E-state index in [0.717, 1.165) is 59.7 Å². The number of benzene rings is 2. The summed E-state index contributed by atoms with van der Waals surface area (Å²) in [4.78, 5) is 19.7. The maximum atomic E-state index is 12.7. The highest BCUT2D eigenvalue weighted by atomic mass is 35.5. The molecule has 1 aromatic heterocycles. The zero-order valence-corrected chi connectivity index (χ0v) is 18.4. The Morgan fingerprint density at radius 3 is 2.72 bits per heavy atom. The van der Waals surface area contributed by atoms with Gasteiger partial charge < -0.3 is 0 Å². The Labute approximate surface area is 181 Å². The molecule has 3 aromatic rings. The molecule has 0 radical (unpaired) electrons. The van der Waals surface area contributed by atoms with Crippen LogP contribution >= 0.6 is 22.9 Å². The molecule has 152 valence electrons. The molecule has 0 N–H and O–H groups in total. The van der Waals surface area contributed by atoms with Crippen molar-refractivity contribution in [1.82, 2.24) is 9.88 Å². The van der Waals surface area contributed by atoms with Gasteiger partial charge in [-0.2, -0.15) is 0 Å². The van der Waals surface area contributed by atoms with Gasteiger partial charge in [-0.25, -0.2) is 4.98 Å². The van der Waals surface area contributed by atoms with Crippen molar-refractivity contribution in [3.8, 4) is 0 Å². The average molecular weight is 427 g/mol. The molecule has 1 aliphatic rings. The number of aryl methyl sites for hydroxylation is 1. The summed E-state index contributed by atoms with van der Waals surface area (Å²) in [5.74, 6) is 0.753. The second-order valence-electron chi connectivity index (χ2n) is 8.08. The van der Waals surface area contributed by atoms with Gasteiger partial charge in [0.2, 0.25) is 0 Å². The van der Waals surface area contributed by atoms with Gasteiger partial charge in [-0.1, -0.05) is 30.3 Å². The molecule has 1 saturated heterocycles. The van der Waals surface area contributed by atoms with Crippen LogP contribution in [0, 0.1) is 12.8 Å². The lowest BCUT2D eigenvalue weighted by atomic mass is 9.90. The molecule has 3 nitrogen and oxygen atoms in total. The first-order chi connectivity index (χ1) is 14.1. The van der Waals surface area contributed by atoms with Crippen LogP contribution < -0.4 is 0 Å². The van der Waals surface area contributed by atoms with Crippen molar-refractivity contribution in [2.45, 2.75) is 44.5 Å². The first-order valence-corrected chi connectivity index (χ1v) is 11.6. The highest BCUT2D eigenvalue weighted by molar-refractivity contribution is 7.18. The van der Waals surface area contributed by atoms with Gasteiger partial charge in [0.15, 0.2) is 5.78 Å². The fourth-order valence-electron chi connectivity index (χ4n) is 4.20. The molecule has 0 aliphatic carbocycles. The number of ketones is 1. The molecule has 1 aliphatic heterocycles. The molecule has 1 atom stereocenters. The number of hydrogen-bond acceptors (Lipinski definition) is 4. The number of fused-ring (bicyclic) bond motifs is 1. The third kappa shape index (κ3) is 5.44. The van der Waals surface area contributed by atoms with E-state index in [-0.39, 0.29) is 11.2 Å². The van der Waals surface area contributed by atoms with E-state index < -0.39 is 0 Å². The number of carbonyl (C=O) groups excluding carboxylic acids is 1. The van der Waals surface area contributed by atoms with Gasteiger partial charge in [0.05, 0.1) is 15.2 Å². The molecule has 2 aromatic carbocycles. The third-order valence-electron chi connectivity index (χ3n) is 5.77. The minimum atomic E-state index is -0.0907. The molecule has 4 rings (SSSR count). The van der Waals surface area contributed by atoms with E-state index in [4.69, 9.17) is 11.6 Å². The molecule has 5 heteroatoms. The SMILES string of the molecule is Cc1nc2ccc(C(=O)CC(Cl)CC3CCN(Cc4ccccc4)CC3)cc2s1. The van der Waals surface area contributed by atoms with E-state index in [9.17, 15) is 4.79 Å². The van der Waals surface area contributed by atoms with E-state index in [1.165, 1.54) is 5.56 Å². The van der Waals surface area contributed by atoms with Gasteiger partial charge in [-0.15, -0.1) is 22.9 Å². The quantitative estimate of drug-likeness (QED) is 0.338. The van der Waals surface area contributed by atoms with Crippen LogP contribution in [0.2, 0.25) is 0 Å². The first-order valence-electron chi connectivity index (χ1n) is 10.4. The van der Waals surface area contributed by atoms with Gasteiger partial charge in [-0.05, 0) is 69.0 Å². The van der Waals surface area contributed by atoms with Crippen LogP contribution in [-0.2, 0) is 6.54 Å². The molecule has 1 fully saturated rings. The lowest BCUT2D eigenvalue weighted by molar-refractivity contribution is 0.0976. The Morgan fingerprint density at radius 2 is 1.97 bits per heavy atom. The van der Waals surface area contributed by atoms with Crippen LogP contribution in [0.15, 0.2) is 48.5 Å². The molecular weight excluding hydrogens is 400 g/mol. The molecule has 29 heavy (non-hydrogen) atoms. The molecule has 0 spiro atoms. The zero-order valence-electron chi connectivity index (χ0n) is 16.8. The number of alkyl halides is 1. The van der Waals surface area contributed by atoms with Gasteiger partial charge in [0.25, 0.3) is 0 Å². The van der Waals surface area contributed by atoms with Gasteiger partial charge in [0, 0.05) is 23.9 Å². The Balaban J connectivity index is 1.25. The maximum absolute atomic E-state index is 12.7. The van der Waals surface area contributed by atoms with E-state index in [0.29, 0.717) is 12.3 Å². The van der Waals surface area contributed by atoms with Crippen LogP contribution in [-0.4, -0.2) is 34.1 Å². The Hall–Kier alpha value is -1.75. The van der Waals surface area contributed by atoms with Gasteiger partial charge in [-0.3, -0.25) is 9.69 Å². The van der Waals surface area contributed by atoms with Crippen molar-refractivity contribution in [2.24, 2.45) is 5.92 Å². The molecule has 0 saturated carbocycles. The highest BCUT2D eigenvalue weighted by Gasteiger charge is 2.23. The Morgan fingerprint density at radius 1 is 1.21 bits per heavy atom. The summed E-state index contributed by atoms with van der Waals surface area (Å²) in [6.07, 6.45) is 3.66. The summed E-state index contributed by atoms with van der Waals surface area (Å²) < 4.78 is 1.07. The number of nitrogens with zero attached hydrogens (tertiary/aromatic N) is 2. The minimum absolute atomic E-state index is 0.0907. The average Bonchev–Trinajstić information content (AvgIpc) is 3.09. The fourth-order valence-corrected chi connectivity index (χ4v) is 5.46. The molecule has 0 amide bonds. The number of thiazole rings is 1. The van der Waals surface area contributed by atoms with Gasteiger partial charge >= 0.3 is 0 Å². The normalized spacial score (nSPS) is 16.9. The van der Waals surface area contributed by atoms with Gasteiger partial charge in [0.1, 0.15) is 0 Å². The summed E-state index contributed by atoms with van der Waals surface area (Å²) in [5, 5.41) is 0.936. The van der Waals surface area contributed by atoms with Crippen molar-refractivity contribution >= 4 is 38.9 Å². The minimum Gasteiger partial charge on any atom is -0.299 e. The number of carbonyl (C=O) groups is 1. The summed E-state index contributed by atoms with van der Waals surface area (Å²) in [7, 11) is 0. The predicted molar refractivity (Wildman–Crippen MR) is 122 cm³/mol. The monoisotopic (exact) mass is 426 g/mol. The van der Waals surface area contributed by atoms with Crippen LogP contribution in [0.5, 0.6) is 0 Å². The molecule has 0 bridgehead atoms. The Kier molecular flexibility index (Phi) is 6.63. The summed E-state index contributed by atoms with van der Waals surface area (Å²) in [6.45, 7) is 5.24. The summed E-state index contributed by atoms with van der Waals surface area (Å²) >= 11 is 8.23. The third-order valence-corrected chi connectivity index (χ3v) is 7.04. The number of Topliss-reactive ketones (excluding diaryl/α,β-unsaturated/α-hetero) is 1. The second-order valence-corrected chi connectivity index (χ2v) is 9.93. The van der Waals surface area contributed by atoms with Crippen molar-refractivity contribution in [2.75, 3.05) is 13.1 Å². The van der Waals surface area contributed by atoms with Crippen LogP contribution in [0.1, 0.15) is 46.6 Å². The number of piperidine rings is 1. The lowest BCUT2D eigenvalue weighted by Crippen LogP contribution is -2.34. The second kappa shape index (κ2) is 9.38. The number of halogens is 1. The number of rotatable bonds is 7. The van der Waals surface area contributed by atoms with Crippen molar-refractivity contribution in [1.29, 1.82) is 0 Å². The molecular formula is C24H27ClN2OS. The fraction of sp³-hybridized carbons (Fsp3) is 0.417. The van der Waals surface area contributed by atoms with Crippen LogP contribution in [0.25, 0.3) is 10.2 Å². The number of aromatic nitrogens is 1. The zero-order chi connectivity index (χ0) is 20.2. The smallest absolute Gasteiger partial charge is 0.164 e. The predicted octanol–water partition coefficient (Wildman–Crippen LogP) is 6.09. The van der Waals surface area contributed by atoms with Crippen molar-refractivity contribution < 1.29 is 4.79 Å². The van der Waals surface area contributed by atoms with E-state index in [2.05, 4.69) is 40.2 Å². The number of hydrogen-bond donors (Lipinski definition) is 0. The van der Waals surface area contributed by atoms with Crippen molar-refractivity contribution in [3.63, 3.8) is 0 Å². The van der Waals surface area contributed by atoms with E-state index in [1.807, 2.05) is 25.1 Å². The van der Waals surface area contributed by atoms with E-state index in [1.54, 1.807) is 11.3 Å². The van der Waals surface area contributed by atoms with Crippen LogP contribution in [0.3, 0.4) is 0 Å².